The number of nitrogens with one attached hydrogen (secondary N) is 1. The third-order valence-electron chi connectivity index (χ3n) is 4.94. The molecule has 0 amide bonds. The van der Waals surface area contributed by atoms with Gasteiger partial charge < -0.3 is 15.0 Å². The molecule has 5 nitrogen and oxygen atoms in total. The molecule has 0 aliphatic carbocycles. The van der Waals surface area contributed by atoms with E-state index in [1.165, 1.54) is 12.8 Å². The Morgan fingerprint density at radius 1 is 1.44 bits per heavy atom. The van der Waals surface area contributed by atoms with Crippen molar-refractivity contribution in [3.8, 4) is 0 Å². The van der Waals surface area contributed by atoms with Crippen LogP contribution in [0.2, 0.25) is 0 Å². The van der Waals surface area contributed by atoms with Gasteiger partial charge in [0.25, 0.3) is 0 Å². The molecule has 0 bridgehead atoms. The van der Waals surface area contributed by atoms with Crippen LogP contribution in [0.5, 0.6) is 0 Å². The highest BCUT2D eigenvalue weighted by Gasteiger charge is 2.42. The Balaban J connectivity index is 0.00000225. The molecule has 3 rings (SSSR count). The van der Waals surface area contributed by atoms with Crippen molar-refractivity contribution in [2.24, 2.45) is 10.4 Å². The zero-order valence-corrected chi connectivity index (χ0v) is 18.9. The molecule has 7 heteroatoms. The van der Waals surface area contributed by atoms with E-state index >= 15 is 0 Å². The van der Waals surface area contributed by atoms with E-state index in [9.17, 15) is 0 Å². The molecule has 3 heterocycles. The van der Waals surface area contributed by atoms with Crippen molar-refractivity contribution in [1.29, 1.82) is 0 Å². The first-order valence-electron chi connectivity index (χ1n) is 8.98. The average Bonchev–Trinajstić information content (AvgIpc) is 3.25. The highest BCUT2D eigenvalue weighted by Crippen LogP contribution is 2.38. The van der Waals surface area contributed by atoms with Gasteiger partial charge in [-0.1, -0.05) is 20.8 Å². The number of rotatable bonds is 3. The van der Waals surface area contributed by atoms with Crippen molar-refractivity contribution in [2.45, 2.75) is 52.5 Å². The normalized spacial score (nSPS) is 24.0. The van der Waals surface area contributed by atoms with Gasteiger partial charge in [-0.05, 0) is 19.8 Å². The standard InChI is InChI=1S/C18H30N4OS.HI/c1-5-19-16(22-8-6-18(12-22)7-9-23-13-18)20-10-15-21-14(11-24-15)17(2,3)4;/h11H,5-10,12-13H2,1-4H3,(H,19,20);1H. The lowest BCUT2D eigenvalue weighted by Crippen LogP contribution is -2.41. The number of thiazole rings is 1. The number of halogens is 1. The van der Waals surface area contributed by atoms with Crippen LogP contribution in [0.3, 0.4) is 0 Å². The molecular weight excluding hydrogens is 447 g/mol. The summed E-state index contributed by atoms with van der Waals surface area (Å²) in [5.74, 6) is 1.02. The van der Waals surface area contributed by atoms with Gasteiger partial charge in [-0.2, -0.15) is 0 Å². The number of hydrogen-bond donors (Lipinski definition) is 1. The summed E-state index contributed by atoms with van der Waals surface area (Å²) in [5, 5.41) is 6.71. The average molecular weight is 478 g/mol. The predicted molar refractivity (Wildman–Crippen MR) is 115 cm³/mol. The van der Waals surface area contributed by atoms with Crippen molar-refractivity contribution in [1.82, 2.24) is 15.2 Å². The lowest BCUT2D eigenvalue weighted by atomic mass is 9.87. The van der Waals surface area contributed by atoms with Gasteiger partial charge in [-0.3, -0.25) is 0 Å². The third kappa shape index (κ3) is 5.07. The second-order valence-corrected chi connectivity index (χ2v) is 8.96. The largest absolute Gasteiger partial charge is 0.381 e. The summed E-state index contributed by atoms with van der Waals surface area (Å²) in [5.41, 5.74) is 1.62. The Kier molecular flexibility index (Phi) is 7.12. The van der Waals surface area contributed by atoms with Gasteiger partial charge in [0.15, 0.2) is 5.96 Å². The molecule has 2 aliphatic rings. The minimum atomic E-state index is 0. The van der Waals surface area contributed by atoms with E-state index < -0.39 is 0 Å². The topological polar surface area (TPSA) is 49.8 Å². The number of likely N-dealkylation sites (tertiary alicyclic amines) is 1. The van der Waals surface area contributed by atoms with Crippen LogP contribution in [0, 0.1) is 5.41 Å². The molecule has 2 saturated heterocycles. The third-order valence-corrected chi connectivity index (χ3v) is 5.78. The lowest BCUT2D eigenvalue weighted by molar-refractivity contribution is 0.156. The first kappa shape index (κ1) is 20.9. The molecule has 0 aromatic carbocycles. The van der Waals surface area contributed by atoms with Crippen LogP contribution in [0.1, 0.15) is 51.2 Å². The van der Waals surface area contributed by atoms with Crippen molar-refractivity contribution in [3.05, 3.63) is 16.1 Å². The van der Waals surface area contributed by atoms with E-state index in [2.05, 4.69) is 43.3 Å². The molecule has 1 aromatic heterocycles. The smallest absolute Gasteiger partial charge is 0.194 e. The Labute approximate surface area is 172 Å². The Hall–Kier alpha value is -0.410. The van der Waals surface area contributed by atoms with Crippen molar-refractivity contribution in [3.63, 3.8) is 0 Å². The summed E-state index contributed by atoms with van der Waals surface area (Å²) in [6.07, 6.45) is 2.40. The van der Waals surface area contributed by atoms with E-state index in [0.29, 0.717) is 12.0 Å². The fourth-order valence-electron chi connectivity index (χ4n) is 3.38. The molecule has 25 heavy (non-hydrogen) atoms. The van der Waals surface area contributed by atoms with Gasteiger partial charge in [0, 0.05) is 42.5 Å². The van der Waals surface area contributed by atoms with Gasteiger partial charge in [-0.25, -0.2) is 9.98 Å². The van der Waals surface area contributed by atoms with Gasteiger partial charge in [0.2, 0.25) is 0 Å². The molecule has 2 fully saturated rings. The zero-order chi connectivity index (χ0) is 17.2. The molecule has 142 valence electrons. The van der Waals surface area contributed by atoms with E-state index in [1.807, 2.05) is 0 Å². The van der Waals surface area contributed by atoms with Crippen molar-refractivity contribution in [2.75, 3.05) is 32.8 Å². The lowest BCUT2D eigenvalue weighted by Gasteiger charge is -2.24. The van der Waals surface area contributed by atoms with Crippen molar-refractivity contribution >= 4 is 41.3 Å². The fourth-order valence-corrected chi connectivity index (χ4v) is 4.33. The second kappa shape index (κ2) is 8.52. The number of ether oxygens (including phenoxy) is 1. The van der Waals surface area contributed by atoms with Gasteiger partial charge in [0.05, 0.1) is 18.8 Å². The van der Waals surface area contributed by atoms with Gasteiger partial charge in [-0.15, -0.1) is 35.3 Å². The van der Waals surface area contributed by atoms with Gasteiger partial charge in [0.1, 0.15) is 5.01 Å². The summed E-state index contributed by atoms with van der Waals surface area (Å²) < 4.78 is 5.64. The summed E-state index contributed by atoms with van der Waals surface area (Å²) in [4.78, 5) is 12.0. The second-order valence-electron chi connectivity index (χ2n) is 8.02. The minimum Gasteiger partial charge on any atom is -0.381 e. The summed E-state index contributed by atoms with van der Waals surface area (Å²) in [7, 11) is 0. The summed E-state index contributed by atoms with van der Waals surface area (Å²) >= 11 is 1.71. The van der Waals surface area contributed by atoms with Crippen LogP contribution in [0.15, 0.2) is 10.4 Å². The first-order valence-corrected chi connectivity index (χ1v) is 9.86. The van der Waals surface area contributed by atoms with E-state index in [1.54, 1.807) is 11.3 Å². The molecule has 1 spiro atoms. The molecule has 0 radical (unpaired) electrons. The maximum Gasteiger partial charge on any atom is 0.194 e. The summed E-state index contributed by atoms with van der Waals surface area (Å²) in [6, 6.07) is 0. The predicted octanol–water partition coefficient (Wildman–Crippen LogP) is 3.64. The quantitative estimate of drug-likeness (QED) is 0.410. The molecule has 1 unspecified atom stereocenters. The molecule has 1 N–H and O–H groups in total. The number of aliphatic imine (C=N–C) groups is 1. The Morgan fingerprint density at radius 2 is 2.24 bits per heavy atom. The van der Waals surface area contributed by atoms with Crippen LogP contribution in [-0.2, 0) is 16.7 Å². The summed E-state index contributed by atoms with van der Waals surface area (Å²) in [6.45, 7) is 14.2. The Morgan fingerprint density at radius 3 is 2.84 bits per heavy atom. The first-order chi connectivity index (χ1) is 11.4. The number of guanidine groups is 1. The number of nitrogens with zero attached hydrogens (tertiary/aromatic N) is 3. The van der Waals surface area contributed by atoms with Gasteiger partial charge >= 0.3 is 0 Å². The van der Waals surface area contributed by atoms with Crippen LogP contribution in [0.25, 0.3) is 0 Å². The maximum absolute atomic E-state index is 5.64. The van der Waals surface area contributed by atoms with E-state index in [4.69, 9.17) is 14.7 Å². The maximum atomic E-state index is 5.64. The van der Waals surface area contributed by atoms with Crippen LogP contribution < -0.4 is 5.32 Å². The minimum absolute atomic E-state index is 0. The Bertz CT molecular complexity index is 590. The zero-order valence-electron chi connectivity index (χ0n) is 15.8. The molecule has 2 aliphatic heterocycles. The molecular formula is C18H31IN4OS. The molecule has 1 atom stereocenters. The number of hydrogen-bond acceptors (Lipinski definition) is 4. The SMILES string of the molecule is CCNC(=NCc1nc(C(C)(C)C)cs1)N1CCC2(CCOC2)C1.I. The van der Waals surface area contributed by atoms with Crippen LogP contribution in [-0.4, -0.2) is 48.7 Å². The number of aromatic nitrogens is 1. The van der Waals surface area contributed by atoms with E-state index in [-0.39, 0.29) is 29.4 Å². The highest BCUT2D eigenvalue weighted by molar-refractivity contribution is 14.0. The van der Waals surface area contributed by atoms with Crippen LogP contribution >= 0.6 is 35.3 Å². The molecule has 0 saturated carbocycles. The molecule has 1 aromatic rings. The van der Waals surface area contributed by atoms with Crippen molar-refractivity contribution < 1.29 is 4.74 Å². The monoisotopic (exact) mass is 478 g/mol. The van der Waals surface area contributed by atoms with E-state index in [0.717, 1.165) is 49.5 Å². The highest BCUT2D eigenvalue weighted by atomic mass is 127. The fraction of sp³-hybridized carbons (Fsp3) is 0.778. The van der Waals surface area contributed by atoms with Crippen LogP contribution in [0.4, 0.5) is 0 Å².